The molecular weight excluding hydrogens is 344 g/mol. The van der Waals surface area contributed by atoms with Gasteiger partial charge in [0.2, 0.25) is 0 Å². The fourth-order valence-electron chi connectivity index (χ4n) is 4.20. The van der Waals surface area contributed by atoms with Crippen LogP contribution in [0.4, 0.5) is 0 Å². The van der Waals surface area contributed by atoms with Gasteiger partial charge >= 0.3 is 0 Å². The molecule has 1 aliphatic heterocycles. The first kappa shape index (κ1) is 18.7. The second kappa shape index (κ2) is 7.43. The van der Waals surface area contributed by atoms with Crippen molar-refractivity contribution < 1.29 is 9.53 Å². The molecule has 4 rings (SSSR count). The molecule has 2 aromatic rings. The minimum atomic E-state index is -0.336. The summed E-state index contributed by atoms with van der Waals surface area (Å²) >= 11 is 0. The predicted molar refractivity (Wildman–Crippen MR) is 116 cm³/mol. The predicted octanol–water partition coefficient (Wildman–Crippen LogP) is 6.64. The summed E-state index contributed by atoms with van der Waals surface area (Å²) in [5.41, 5.74) is 6.64. The number of fused-ring (bicyclic) bond motifs is 1. The Bertz CT molecular complexity index is 956. The summed E-state index contributed by atoms with van der Waals surface area (Å²) in [5, 5.41) is 0. The summed E-state index contributed by atoms with van der Waals surface area (Å²) in [4.78, 5) is 12.8. The SMILES string of the molecule is CCc1ccc(C2=CCC(c3ccc4c(c3)C(=O)CC(CC)(CC)O4)=C2)cc1. The maximum Gasteiger partial charge on any atom is 0.170 e. The zero-order chi connectivity index (χ0) is 19.7. The van der Waals surface area contributed by atoms with Crippen LogP contribution < -0.4 is 4.74 Å². The summed E-state index contributed by atoms with van der Waals surface area (Å²) in [6.07, 6.45) is 8.65. The molecule has 0 atom stereocenters. The van der Waals surface area contributed by atoms with Gasteiger partial charge in [0.15, 0.2) is 5.78 Å². The number of hydrogen-bond donors (Lipinski definition) is 0. The van der Waals surface area contributed by atoms with E-state index in [1.54, 1.807) is 0 Å². The zero-order valence-electron chi connectivity index (χ0n) is 17.0. The van der Waals surface area contributed by atoms with Gasteiger partial charge in [0.1, 0.15) is 11.4 Å². The Morgan fingerprint density at radius 3 is 2.36 bits per heavy atom. The van der Waals surface area contributed by atoms with Crippen LogP contribution in [0.25, 0.3) is 11.1 Å². The molecule has 0 aromatic heterocycles. The smallest absolute Gasteiger partial charge is 0.170 e. The van der Waals surface area contributed by atoms with Gasteiger partial charge in [-0.05, 0) is 65.7 Å². The van der Waals surface area contributed by atoms with Crippen LogP contribution in [0.3, 0.4) is 0 Å². The molecule has 1 heterocycles. The normalized spacial score (nSPS) is 17.6. The molecule has 0 amide bonds. The molecule has 0 spiro atoms. The summed E-state index contributed by atoms with van der Waals surface area (Å²) in [7, 11) is 0. The lowest BCUT2D eigenvalue weighted by Gasteiger charge is -2.36. The first-order valence-electron chi connectivity index (χ1n) is 10.4. The lowest BCUT2D eigenvalue weighted by molar-refractivity contribution is 0.0350. The topological polar surface area (TPSA) is 26.3 Å². The molecule has 0 saturated carbocycles. The standard InChI is InChI=1S/C26H28O2/c1-4-18-7-9-19(10-8-18)20-11-12-21(15-20)22-13-14-25-23(16-22)24(27)17-26(5-2,6-3)28-25/h7-11,13-16H,4-6,12,17H2,1-3H3. The molecule has 0 N–H and O–H groups in total. The highest BCUT2D eigenvalue weighted by Gasteiger charge is 2.37. The number of carbonyl (C=O) groups excluding carboxylic acids is 1. The third-order valence-electron chi connectivity index (χ3n) is 6.32. The number of hydrogen-bond acceptors (Lipinski definition) is 2. The van der Waals surface area contributed by atoms with Crippen LogP contribution >= 0.6 is 0 Å². The van der Waals surface area contributed by atoms with Crippen LogP contribution in [0.1, 0.15) is 73.5 Å². The van der Waals surface area contributed by atoms with E-state index in [9.17, 15) is 4.79 Å². The van der Waals surface area contributed by atoms with Gasteiger partial charge in [-0.2, -0.15) is 0 Å². The highest BCUT2D eigenvalue weighted by molar-refractivity contribution is 6.01. The minimum absolute atomic E-state index is 0.203. The van der Waals surface area contributed by atoms with Gasteiger partial charge in [0.25, 0.3) is 0 Å². The van der Waals surface area contributed by atoms with E-state index in [2.05, 4.69) is 63.3 Å². The molecule has 0 bridgehead atoms. The second-order valence-corrected chi connectivity index (χ2v) is 7.89. The molecule has 0 saturated heterocycles. The number of rotatable bonds is 5. The fraction of sp³-hybridized carbons (Fsp3) is 0.346. The van der Waals surface area contributed by atoms with E-state index >= 15 is 0 Å². The van der Waals surface area contributed by atoms with Crippen molar-refractivity contribution in [2.45, 2.75) is 58.5 Å². The Morgan fingerprint density at radius 2 is 1.68 bits per heavy atom. The van der Waals surface area contributed by atoms with E-state index in [4.69, 9.17) is 4.74 Å². The van der Waals surface area contributed by atoms with Crippen LogP contribution in [-0.2, 0) is 6.42 Å². The number of ketones is 1. The molecule has 0 unspecified atom stereocenters. The van der Waals surface area contributed by atoms with Crippen molar-refractivity contribution in [2.75, 3.05) is 0 Å². The van der Waals surface area contributed by atoms with Gasteiger partial charge in [-0.1, -0.05) is 63.3 Å². The summed E-state index contributed by atoms with van der Waals surface area (Å²) in [5.74, 6) is 0.944. The van der Waals surface area contributed by atoms with Gasteiger partial charge in [-0.3, -0.25) is 4.79 Å². The lowest BCUT2D eigenvalue weighted by Crippen LogP contribution is -2.40. The van der Waals surface area contributed by atoms with E-state index in [-0.39, 0.29) is 11.4 Å². The minimum Gasteiger partial charge on any atom is -0.486 e. The van der Waals surface area contributed by atoms with Crippen LogP contribution in [0.15, 0.2) is 54.6 Å². The highest BCUT2D eigenvalue weighted by atomic mass is 16.5. The van der Waals surface area contributed by atoms with Crippen molar-refractivity contribution in [3.8, 4) is 5.75 Å². The number of benzene rings is 2. The van der Waals surface area contributed by atoms with E-state index < -0.39 is 0 Å². The Hall–Kier alpha value is -2.61. The number of carbonyl (C=O) groups is 1. The first-order valence-corrected chi connectivity index (χ1v) is 10.4. The first-order chi connectivity index (χ1) is 13.6. The van der Waals surface area contributed by atoms with E-state index in [1.807, 2.05) is 12.1 Å². The summed E-state index contributed by atoms with van der Waals surface area (Å²) in [6, 6.07) is 14.9. The number of Topliss-reactive ketones (excluding diaryl/α,β-unsaturated/α-hetero) is 1. The van der Waals surface area contributed by atoms with Crippen LogP contribution in [0.2, 0.25) is 0 Å². The Balaban J connectivity index is 1.60. The van der Waals surface area contributed by atoms with Crippen molar-refractivity contribution in [3.05, 3.63) is 76.9 Å². The molecule has 0 fully saturated rings. The van der Waals surface area contributed by atoms with E-state index in [0.717, 1.165) is 42.6 Å². The van der Waals surface area contributed by atoms with Crippen LogP contribution in [-0.4, -0.2) is 11.4 Å². The lowest BCUT2D eigenvalue weighted by atomic mass is 9.85. The van der Waals surface area contributed by atoms with Gasteiger partial charge in [-0.15, -0.1) is 0 Å². The summed E-state index contributed by atoms with van der Waals surface area (Å²) < 4.78 is 6.26. The molecule has 2 aromatic carbocycles. The molecule has 28 heavy (non-hydrogen) atoms. The molecule has 144 valence electrons. The third-order valence-corrected chi connectivity index (χ3v) is 6.32. The molecular formula is C26H28O2. The number of allylic oxidation sites excluding steroid dienone is 4. The Labute approximate surface area is 167 Å². The van der Waals surface area contributed by atoms with Crippen molar-refractivity contribution >= 4 is 16.9 Å². The fourth-order valence-corrected chi connectivity index (χ4v) is 4.20. The maximum absolute atomic E-state index is 12.8. The largest absolute Gasteiger partial charge is 0.486 e. The summed E-state index contributed by atoms with van der Waals surface area (Å²) in [6.45, 7) is 6.37. The average Bonchev–Trinajstić information content (AvgIpc) is 3.23. The van der Waals surface area contributed by atoms with Crippen LogP contribution in [0, 0.1) is 0 Å². The quantitative estimate of drug-likeness (QED) is 0.588. The maximum atomic E-state index is 12.8. The molecule has 0 radical (unpaired) electrons. The van der Waals surface area contributed by atoms with Crippen molar-refractivity contribution in [1.29, 1.82) is 0 Å². The molecule has 2 aliphatic rings. The van der Waals surface area contributed by atoms with Gasteiger partial charge < -0.3 is 4.74 Å². The van der Waals surface area contributed by atoms with Gasteiger partial charge in [0, 0.05) is 0 Å². The van der Waals surface area contributed by atoms with E-state index in [1.165, 1.54) is 22.3 Å². The van der Waals surface area contributed by atoms with Gasteiger partial charge in [0.05, 0.1) is 12.0 Å². The monoisotopic (exact) mass is 372 g/mol. The molecule has 1 aliphatic carbocycles. The van der Waals surface area contributed by atoms with Crippen molar-refractivity contribution in [3.63, 3.8) is 0 Å². The van der Waals surface area contributed by atoms with Crippen molar-refractivity contribution in [1.82, 2.24) is 0 Å². The highest BCUT2D eigenvalue weighted by Crippen LogP contribution is 2.40. The number of ether oxygens (including phenoxy) is 1. The Morgan fingerprint density at radius 1 is 0.964 bits per heavy atom. The molecule has 2 heteroatoms. The zero-order valence-corrected chi connectivity index (χ0v) is 17.0. The second-order valence-electron chi connectivity index (χ2n) is 7.89. The van der Waals surface area contributed by atoms with Crippen LogP contribution in [0.5, 0.6) is 5.75 Å². The Kier molecular flexibility index (Phi) is 4.97. The van der Waals surface area contributed by atoms with Crippen molar-refractivity contribution in [2.24, 2.45) is 0 Å². The van der Waals surface area contributed by atoms with Gasteiger partial charge in [-0.25, -0.2) is 0 Å². The average molecular weight is 373 g/mol. The third kappa shape index (κ3) is 3.32. The van der Waals surface area contributed by atoms with E-state index in [0.29, 0.717) is 6.42 Å². The number of aryl methyl sites for hydroxylation is 1. The molecule has 2 nitrogen and oxygen atoms in total.